The van der Waals surface area contributed by atoms with Crippen LogP contribution in [0.5, 0.6) is 5.75 Å². The molecule has 0 aliphatic rings. The Balaban J connectivity index is 1.67. The molecule has 0 aliphatic carbocycles. The normalized spacial score (nSPS) is 11.0. The van der Waals surface area contributed by atoms with Crippen molar-refractivity contribution < 1.29 is 9.53 Å². The summed E-state index contributed by atoms with van der Waals surface area (Å²) in [5.74, 6) is 0.543. The number of rotatable bonds is 5. The predicted octanol–water partition coefficient (Wildman–Crippen LogP) is 3.24. The molecule has 0 bridgehead atoms. The predicted molar refractivity (Wildman–Crippen MR) is 98.3 cm³/mol. The second-order valence-electron chi connectivity index (χ2n) is 6.04. The van der Waals surface area contributed by atoms with E-state index in [4.69, 9.17) is 4.74 Å². The fourth-order valence-electron chi connectivity index (χ4n) is 2.21. The summed E-state index contributed by atoms with van der Waals surface area (Å²) in [5, 5.41) is 2.82. The van der Waals surface area contributed by atoms with Gasteiger partial charge >= 0.3 is 0 Å². The average Bonchev–Trinajstić information content (AvgIpc) is 2.95. The molecule has 0 atom stereocenters. The zero-order valence-electron chi connectivity index (χ0n) is 14.3. The Labute approximate surface area is 149 Å². The van der Waals surface area contributed by atoms with Crippen LogP contribution in [-0.4, -0.2) is 15.3 Å². The van der Waals surface area contributed by atoms with Gasteiger partial charge in [0.25, 0.3) is 5.56 Å². The van der Waals surface area contributed by atoms with Crippen molar-refractivity contribution in [3.8, 4) is 5.75 Å². The maximum atomic E-state index is 12.1. The Morgan fingerprint density at radius 3 is 2.72 bits per heavy atom. The third-order valence-corrected chi connectivity index (χ3v) is 4.47. The van der Waals surface area contributed by atoms with Gasteiger partial charge in [0.05, 0.1) is 5.69 Å². The van der Waals surface area contributed by atoms with E-state index in [1.165, 1.54) is 21.8 Å². The lowest BCUT2D eigenvalue weighted by Crippen LogP contribution is -2.17. The summed E-state index contributed by atoms with van der Waals surface area (Å²) in [6.45, 7) is 5.83. The monoisotopic (exact) mass is 357 g/mol. The molecule has 0 saturated carbocycles. The van der Waals surface area contributed by atoms with Gasteiger partial charge in [-0.2, -0.15) is 0 Å². The van der Waals surface area contributed by atoms with Gasteiger partial charge in [0.1, 0.15) is 12.4 Å². The summed E-state index contributed by atoms with van der Waals surface area (Å²) in [5.41, 5.74) is 1.20. The number of hydrogen-bond acceptors (Lipinski definition) is 5. The van der Waals surface area contributed by atoms with Crippen LogP contribution >= 0.6 is 11.3 Å². The highest BCUT2D eigenvalue weighted by molar-refractivity contribution is 7.16. The summed E-state index contributed by atoms with van der Waals surface area (Å²) in [6, 6.07) is 8.59. The number of carbonyl (C=O) groups is 1. The van der Waals surface area contributed by atoms with Gasteiger partial charge in [-0.25, -0.2) is 4.98 Å². The summed E-state index contributed by atoms with van der Waals surface area (Å²) < 4.78 is 7.23. The molecule has 0 aliphatic heterocycles. The van der Waals surface area contributed by atoms with E-state index < -0.39 is 0 Å². The highest BCUT2D eigenvalue weighted by Gasteiger charge is 2.08. The number of aryl methyl sites for hydroxylation is 1. The van der Waals surface area contributed by atoms with Crippen molar-refractivity contribution in [2.45, 2.75) is 27.4 Å². The molecule has 2 aromatic heterocycles. The van der Waals surface area contributed by atoms with Gasteiger partial charge in [0.15, 0.2) is 4.96 Å². The summed E-state index contributed by atoms with van der Waals surface area (Å²) in [4.78, 5) is 29.9. The Morgan fingerprint density at radius 1 is 1.32 bits per heavy atom. The zero-order valence-corrected chi connectivity index (χ0v) is 15.1. The number of fused-ring (bicyclic) bond motifs is 1. The molecule has 0 saturated heterocycles. The van der Waals surface area contributed by atoms with E-state index in [1.54, 1.807) is 30.5 Å². The Kier molecular flexibility index (Phi) is 4.85. The topological polar surface area (TPSA) is 72.7 Å². The number of amides is 1. The van der Waals surface area contributed by atoms with Crippen molar-refractivity contribution >= 4 is 27.9 Å². The summed E-state index contributed by atoms with van der Waals surface area (Å²) in [6.07, 6.45) is 1.78. The van der Waals surface area contributed by atoms with E-state index in [0.29, 0.717) is 16.4 Å². The lowest BCUT2D eigenvalue weighted by Gasteiger charge is -2.09. The number of aromatic nitrogens is 2. The van der Waals surface area contributed by atoms with Crippen LogP contribution in [0.25, 0.3) is 4.96 Å². The number of benzene rings is 1. The molecule has 1 aromatic carbocycles. The molecule has 7 heteroatoms. The quantitative estimate of drug-likeness (QED) is 0.761. The number of nitrogens with zero attached hydrogens (tertiary/aromatic N) is 2. The minimum absolute atomic E-state index is 0.0297. The number of carbonyl (C=O) groups excluding carboxylic acids is 1. The molecular weight excluding hydrogens is 338 g/mol. The van der Waals surface area contributed by atoms with Crippen molar-refractivity contribution in [1.82, 2.24) is 9.38 Å². The number of nitrogens with one attached hydrogen (secondary N) is 1. The molecule has 25 heavy (non-hydrogen) atoms. The Hall–Kier alpha value is -2.67. The fraction of sp³-hybridized carbons (Fsp3) is 0.278. The molecular formula is C18H19N3O3S. The first-order valence-electron chi connectivity index (χ1n) is 7.95. The van der Waals surface area contributed by atoms with Crippen LogP contribution in [0.15, 0.2) is 41.3 Å². The maximum Gasteiger partial charge on any atom is 0.258 e. The second kappa shape index (κ2) is 7.06. The van der Waals surface area contributed by atoms with Crippen LogP contribution < -0.4 is 15.6 Å². The van der Waals surface area contributed by atoms with Crippen molar-refractivity contribution in [1.29, 1.82) is 0 Å². The van der Waals surface area contributed by atoms with Crippen LogP contribution in [-0.2, 0) is 11.4 Å². The van der Waals surface area contributed by atoms with E-state index in [2.05, 4.69) is 10.3 Å². The third-order valence-electron chi connectivity index (χ3n) is 3.57. The van der Waals surface area contributed by atoms with E-state index in [-0.39, 0.29) is 24.0 Å². The molecule has 130 valence electrons. The molecule has 1 amide bonds. The van der Waals surface area contributed by atoms with Crippen LogP contribution in [0.2, 0.25) is 0 Å². The van der Waals surface area contributed by atoms with Crippen LogP contribution in [0.4, 0.5) is 5.69 Å². The lowest BCUT2D eigenvalue weighted by molar-refractivity contribution is -0.118. The molecule has 0 radical (unpaired) electrons. The maximum absolute atomic E-state index is 12.1. The first kappa shape index (κ1) is 17.2. The van der Waals surface area contributed by atoms with Crippen molar-refractivity contribution in [2.24, 2.45) is 5.92 Å². The number of anilines is 1. The van der Waals surface area contributed by atoms with Crippen molar-refractivity contribution in [3.63, 3.8) is 0 Å². The van der Waals surface area contributed by atoms with Crippen molar-refractivity contribution in [3.05, 3.63) is 57.5 Å². The summed E-state index contributed by atoms with van der Waals surface area (Å²) >= 11 is 1.47. The lowest BCUT2D eigenvalue weighted by atomic mass is 10.2. The fourth-order valence-corrected chi connectivity index (χ4v) is 3.06. The minimum atomic E-state index is -0.111. The zero-order chi connectivity index (χ0) is 18.0. The molecule has 0 unspecified atom stereocenters. The van der Waals surface area contributed by atoms with Crippen LogP contribution in [0.1, 0.15) is 24.4 Å². The van der Waals surface area contributed by atoms with Crippen molar-refractivity contribution in [2.75, 3.05) is 5.32 Å². The third kappa shape index (κ3) is 4.06. The molecule has 2 heterocycles. The van der Waals surface area contributed by atoms with Gasteiger partial charge in [0.2, 0.25) is 5.91 Å². The average molecular weight is 357 g/mol. The van der Waals surface area contributed by atoms with Gasteiger partial charge < -0.3 is 10.1 Å². The molecule has 0 fully saturated rings. The molecule has 1 N–H and O–H groups in total. The van der Waals surface area contributed by atoms with E-state index in [1.807, 2.05) is 20.8 Å². The first-order chi connectivity index (χ1) is 11.9. The molecule has 6 nitrogen and oxygen atoms in total. The Bertz CT molecular complexity index is 958. The smallest absolute Gasteiger partial charge is 0.258 e. The largest absolute Gasteiger partial charge is 0.487 e. The van der Waals surface area contributed by atoms with Gasteiger partial charge in [-0.1, -0.05) is 13.8 Å². The van der Waals surface area contributed by atoms with Gasteiger partial charge in [-0.15, -0.1) is 11.3 Å². The number of ether oxygens (including phenoxy) is 1. The van der Waals surface area contributed by atoms with Gasteiger partial charge in [-0.05, 0) is 31.2 Å². The Morgan fingerprint density at radius 2 is 2.04 bits per heavy atom. The van der Waals surface area contributed by atoms with Gasteiger partial charge in [0, 0.05) is 28.7 Å². The van der Waals surface area contributed by atoms with E-state index >= 15 is 0 Å². The molecule has 0 spiro atoms. The van der Waals surface area contributed by atoms with E-state index in [0.717, 1.165) is 10.6 Å². The minimum Gasteiger partial charge on any atom is -0.487 e. The highest BCUT2D eigenvalue weighted by atomic mass is 32.1. The first-order valence-corrected chi connectivity index (χ1v) is 8.76. The standard InChI is InChI=1S/C18H19N3O3S/c1-11(2)17(23)19-13-4-6-15(7-5-13)24-10-14-8-16(22)21-9-12(3)25-18(21)20-14/h4-9,11H,10H2,1-3H3,(H,19,23). The highest BCUT2D eigenvalue weighted by Crippen LogP contribution is 2.18. The molecule has 3 aromatic rings. The number of thiazole rings is 1. The van der Waals surface area contributed by atoms with Gasteiger partial charge in [-0.3, -0.25) is 14.0 Å². The van der Waals surface area contributed by atoms with E-state index in [9.17, 15) is 9.59 Å². The summed E-state index contributed by atoms with van der Waals surface area (Å²) in [7, 11) is 0. The number of hydrogen-bond donors (Lipinski definition) is 1. The van der Waals surface area contributed by atoms with Crippen LogP contribution in [0, 0.1) is 12.8 Å². The molecule has 3 rings (SSSR count). The van der Waals surface area contributed by atoms with Crippen LogP contribution in [0.3, 0.4) is 0 Å². The SMILES string of the molecule is Cc1cn2c(=O)cc(COc3ccc(NC(=O)C(C)C)cc3)nc2s1. The second-order valence-corrected chi connectivity index (χ2v) is 7.25.